The molecule has 0 saturated heterocycles. The first-order chi connectivity index (χ1) is 6.75. The molecule has 76 valence electrons. The third-order valence-corrected chi connectivity index (χ3v) is 2.84. The third kappa shape index (κ3) is 2.76. The molecule has 0 bridgehead atoms. The molecule has 2 nitrogen and oxygen atoms in total. The summed E-state index contributed by atoms with van der Waals surface area (Å²) in [5.41, 5.74) is 0. The van der Waals surface area contributed by atoms with Crippen molar-refractivity contribution < 1.29 is 0 Å². The molecular formula is C10H12Cl2N2. The zero-order valence-corrected chi connectivity index (χ0v) is 9.28. The molecule has 14 heavy (non-hydrogen) atoms. The van der Waals surface area contributed by atoms with E-state index in [9.17, 15) is 0 Å². The molecule has 0 radical (unpaired) electrons. The van der Waals surface area contributed by atoms with Crippen molar-refractivity contribution in [3.8, 4) is 0 Å². The molecule has 0 amide bonds. The van der Waals surface area contributed by atoms with E-state index < -0.39 is 0 Å². The number of aromatic nitrogens is 1. The lowest BCUT2D eigenvalue weighted by atomic mass is 10.3. The van der Waals surface area contributed by atoms with Crippen molar-refractivity contribution in [3.63, 3.8) is 0 Å². The molecule has 0 aromatic carbocycles. The summed E-state index contributed by atoms with van der Waals surface area (Å²) in [5.74, 6) is 1.66. The van der Waals surface area contributed by atoms with Gasteiger partial charge in [0.15, 0.2) is 0 Å². The first kappa shape index (κ1) is 10.1. The average Bonchev–Trinajstić information content (AvgIpc) is 2.92. The summed E-state index contributed by atoms with van der Waals surface area (Å²) in [6.45, 7) is 0.943. The van der Waals surface area contributed by atoms with Gasteiger partial charge in [-0.3, -0.25) is 0 Å². The van der Waals surface area contributed by atoms with E-state index in [1.54, 1.807) is 12.3 Å². The summed E-state index contributed by atoms with van der Waals surface area (Å²) in [6, 6.07) is 1.70. The summed E-state index contributed by atoms with van der Waals surface area (Å²) >= 11 is 11.7. The molecule has 1 aliphatic carbocycles. The third-order valence-electron chi connectivity index (χ3n) is 2.35. The van der Waals surface area contributed by atoms with E-state index in [0.29, 0.717) is 10.0 Å². The molecule has 1 N–H and O–H groups in total. The van der Waals surface area contributed by atoms with Crippen LogP contribution in [0.5, 0.6) is 0 Å². The molecule has 0 spiro atoms. The number of pyridine rings is 1. The fraction of sp³-hybridized carbons (Fsp3) is 0.500. The van der Waals surface area contributed by atoms with Crippen molar-refractivity contribution in [1.82, 2.24) is 4.98 Å². The molecule has 1 aromatic rings. The highest BCUT2D eigenvalue weighted by Gasteiger charge is 2.20. The number of hydrogen-bond acceptors (Lipinski definition) is 2. The van der Waals surface area contributed by atoms with Crippen LogP contribution in [0.15, 0.2) is 12.3 Å². The van der Waals surface area contributed by atoms with Gasteiger partial charge in [0.25, 0.3) is 0 Å². The van der Waals surface area contributed by atoms with Crippen molar-refractivity contribution in [3.05, 3.63) is 22.3 Å². The van der Waals surface area contributed by atoms with Crippen LogP contribution < -0.4 is 5.32 Å². The number of nitrogens with one attached hydrogen (secondary N) is 1. The Bertz CT molecular complexity index is 324. The SMILES string of the molecule is Clc1cnc(NCCC2CC2)c(Cl)c1. The lowest BCUT2D eigenvalue weighted by Crippen LogP contribution is -2.04. The fourth-order valence-corrected chi connectivity index (χ4v) is 1.79. The van der Waals surface area contributed by atoms with Crippen molar-refractivity contribution in [2.45, 2.75) is 19.3 Å². The standard InChI is InChI=1S/C10H12Cl2N2/c11-8-5-9(12)10(14-6-8)13-4-3-7-1-2-7/h5-7H,1-4H2,(H,13,14). The van der Waals surface area contributed by atoms with Gasteiger partial charge in [-0.05, 0) is 18.4 Å². The van der Waals surface area contributed by atoms with Gasteiger partial charge < -0.3 is 5.32 Å². The molecule has 0 aliphatic heterocycles. The minimum Gasteiger partial charge on any atom is -0.369 e. The Labute approximate surface area is 93.6 Å². The molecule has 0 unspecified atom stereocenters. The van der Waals surface area contributed by atoms with Crippen molar-refractivity contribution in [2.24, 2.45) is 5.92 Å². The molecular weight excluding hydrogens is 219 g/mol. The Hall–Kier alpha value is -0.470. The van der Waals surface area contributed by atoms with Gasteiger partial charge in [-0.1, -0.05) is 36.0 Å². The van der Waals surface area contributed by atoms with E-state index >= 15 is 0 Å². The topological polar surface area (TPSA) is 24.9 Å². The Morgan fingerprint density at radius 1 is 1.43 bits per heavy atom. The van der Waals surface area contributed by atoms with Gasteiger partial charge in [-0.15, -0.1) is 0 Å². The summed E-state index contributed by atoms with van der Waals surface area (Å²) < 4.78 is 0. The summed E-state index contributed by atoms with van der Waals surface area (Å²) in [7, 11) is 0. The van der Waals surface area contributed by atoms with Crippen LogP contribution in [0.2, 0.25) is 10.0 Å². The number of rotatable bonds is 4. The van der Waals surface area contributed by atoms with Crippen LogP contribution in [0.4, 0.5) is 5.82 Å². The quantitative estimate of drug-likeness (QED) is 0.856. The van der Waals surface area contributed by atoms with Gasteiger partial charge in [-0.2, -0.15) is 0 Å². The Morgan fingerprint density at radius 3 is 2.86 bits per heavy atom. The van der Waals surface area contributed by atoms with Crippen LogP contribution in [0.1, 0.15) is 19.3 Å². The number of anilines is 1. The number of hydrogen-bond donors (Lipinski definition) is 1. The second-order valence-electron chi connectivity index (χ2n) is 3.64. The van der Waals surface area contributed by atoms with E-state index in [1.807, 2.05) is 0 Å². The second kappa shape index (κ2) is 4.37. The molecule has 1 fully saturated rings. The normalized spacial score (nSPS) is 15.6. The minimum absolute atomic E-state index is 0.572. The molecule has 2 rings (SSSR count). The zero-order valence-electron chi connectivity index (χ0n) is 7.76. The first-order valence-electron chi connectivity index (χ1n) is 4.80. The lowest BCUT2D eigenvalue weighted by molar-refractivity contribution is 0.758. The van der Waals surface area contributed by atoms with Gasteiger partial charge in [0.2, 0.25) is 0 Å². The molecule has 1 aliphatic rings. The monoisotopic (exact) mass is 230 g/mol. The Kier molecular flexibility index (Phi) is 3.14. The maximum absolute atomic E-state index is 5.95. The van der Waals surface area contributed by atoms with E-state index in [4.69, 9.17) is 23.2 Å². The van der Waals surface area contributed by atoms with Gasteiger partial charge in [0, 0.05) is 12.7 Å². The van der Waals surface area contributed by atoms with Gasteiger partial charge in [-0.25, -0.2) is 4.98 Å². The highest BCUT2D eigenvalue weighted by molar-refractivity contribution is 6.35. The van der Waals surface area contributed by atoms with Crippen LogP contribution in [-0.2, 0) is 0 Å². The average molecular weight is 231 g/mol. The van der Waals surface area contributed by atoms with Crippen LogP contribution in [0.3, 0.4) is 0 Å². The maximum atomic E-state index is 5.95. The predicted octanol–water partition coefficient (Wildman–Crippen LogP) is 3.60. The van der Waals surface area contributed by atoms with E-state index in [0.717, 1.165) is 18.3 Å². The highest BCUT2D eigenvalue weighted by atomic mass is 35.5. The summed E-state index contributed by atoms with van der Waals surface area (Å²) in [6.07, 6.45) is 5.57. The Balaban J connectivity index is 1.87. The summed E-state index contributed by atoms with van der Waals surface area (Å²) in [5, 5.41) is 4.37. The van der Waals surface area contributed by atoms with Gasteiger partial charge in [0.1, 0.15) is 5.82 Å². The zero-order chi connectivity index (χ0) is 9.97. The van der Waals surface area contributed by atoms with Crippen molar-refractivity contribution >= 4 is 29.0 Å². The maximum Gasteiger partial charge on any atom is 0.144 e. The number of halogens is 2. The lowest BCUT2D eigenvalue weighted by Gasteiger charge is -2.06. The van der Waals surface area contributed by atoms with E-state index in [1.165, 1.54) is 19.3 Å². The minimum atomic E-state index is 0.572. The molecule has 1 heterocycles. The number of nitrogens with zero attached hydrogens (tertiary/aromatic N) is 1. The van der Waals surface area contributed by atoms with E-state index in [2.05, 4.69) is 10.3 Å². The van der Waals surface area contributed by atoms with Crippen LogP contribution in [-0.4, -0.2) is 11.5 Å². The largest absolute Gasteiger partial charge is 0.369 e. The van der Waals surface area contributed by atoms with Gasteiger partial charge in [0.05, 0.1) is 10.0 Å². The van der Waals surface area contributed by atoms with Crippen molar-refractivity contribution in [1.29, 1.82) is 0 Å². The van der Waals surface area contributed by atoms with Crippen LogP contribution in [0, 0.1) is 5.92 Å². The smallest absolute Gasteiger partial charge is 0.144 e. The first-order valence-corrected chi connectivity index (χ1v) is 5.56. The van der Waals surface area contributed by atoms with Crippen LogP contribution >= 0.6 is 23.2 Å². The predicted molar refractivity (Wildman–Crippen MR) is 60.1 cm³/mol. The fourth-order valence-electron chi connectivity index (χ4n) is 1.35. The second-order valence-corrected chi connectivity index (χ2v) is 4.49. The highest BCUT2D eigenvalue weighted by Crippen LogP contribution is 2.32. The summed E-state index contributed by atoms with van der Waals surface area (Å²) in [4.78, 5) is 4.12. The molecule has 0 atom stereocenters. The Morgan fingerprint density at radius 2 is 2.21 bits per heavy atom. The van der Waals surface area contributed by atoms with Gasteiger partial charge >= 0.3 is 0 Å². The molecule has 4 heteroatoms. The van der Waals surface area contributed by atoms with Crippen molar-refractivity contribution in [2.75, 3.05) is 11.9 Å². The van der Waals surface area contributed by atoms with E-state index in [-0.39, 0.29) is 0 Å². The van der Waals surface area contributed by atoms with Crippen LogP contribution in [0.25, 0.3) is 0 Å². The molecule has 1 aromatic heterocycles. The molecule has 1 saturated carbocycles.